The molecule has 5 atom stereocenters. The van der Waals surface area contributed by atoms with E-state index in [0.29, 0.717) is 0 Å². The van der Waals surface area contributed by atoms with Gasteiger partial charge in [-0.05, 0) is 34.6 Å². The van der Waals surface area contributed by atoms with E-state index in [1.807, 2.05) is 0 Å². The Labute approximate surface area is 135 Å². The van der Waals surface area contributed by atoms with E-state index in [1.54, 1.807) is 34.6 Å². The van der Waals surface area contributed by atoms with Gasteiger partial charge in [0.25, 0.3) is 0 Å². The first-order valence-electron chi connectivity index (χ1n) is 7.77. The van der Waals surface area contributed by atoms with Crippen LogP contribution in [0.5, 0.6) is 0 Å². The number of carbonyl (C=O) groups excluding carboxylic acids is 1. The number of amides is 1. The maximum atomic E-state index is 12.4. The molecular formula is C15H27NO7. The smallest absolute Gasteiger partial charge is 0.410 e. The lowest BCUT2D eigenvalue weighted by atomic mass is 10.0. The molecule has 2 aliphatic rings. The second-order valence-electron chi connectivity index (χ2n) is 7.50. The molecule has 2 rings (SSSR count). The van der Waals surface area contributed by atoms with Gasteiger partial charge in [-0.25, -0.2) is 4.79 Å². The zero-order valence-corrected chi connectivity index (χ0v) is 14.2. The quantitative estimate of drug-likeness (QED) is 0.658. The van der Waals surface area contributed by atoms with Gasteiger partial charge in [-0.3, -0.25) is 4.90 Å². The van der Waals surface area contributed by atoms with E-state index < -0.39 is 54.5 Å². The third kappa shape index (κ3) is 3.95. The van der Waals surface area contributed by atoms with Crippen molar-refractivity contribution in [2.45, 2.75) is 76.5 Å². The number of hydrogen-bond donors (Lipinski definition) is 3. The third-order valence-corrected chi connectivity index (χ3v) is 3.85. The van der Waals surface area contributed by atoms with Gasteiger partial charge in [0.15, 0.2) is 5.79 Å². The number of likely N-dealkylation sites (tertiary alicyclic amines) is 1. The van der Waals surface area contributed by atoms with Crippen LogP contribution < -0.4 is 0 Å². The van der Waals surface area contributed by atoms with Crippen molar-refractivity contribution in [2.75, 3.05) is 13.2 Å². The average Bonchev–Trinajstić information content (AvgIpc) is 2.86. The zero-order valence-electron chi connectivity index (χ0n) is 14.2. The van der Waals surface area contributed by atoms with Crippen molar-refractivity contribution in [2.24, 2.45) is 0 Å². The van der Waals surface area contributed by atoms with E-state index in [0.717, 1.165) is 0 Å². The number of aliphatic hydroxyl groups excluding tert-OH is 3. The first kappa shape index (κ1) is 18.4. The predicted octanol–water partition coefficient (Wildman–Crippen LogP) is -0.160. The summed E-state index contributed by atoms with van der Waals surface area (Å²) >= 11 is 0. The molecule has 0 aromatic heterocycles. The normalized spacial score (nSPS) is 32.5. The van der Waals surface area contributed by atoms with E-state index in [1.165, 1.54) is 4.90 Å². The van der Waals surface area contributed by atoms with Crippen molar-refractivity contribution in [3.05, 3.63) is 0 Å². The highest BCUT2D eigenvalue weighted by atomic mass is 16.8. The monoisotopic (exact) mass is 333 g/mol. The highest BCUT2D eigenvalue weighted by Crippen LogP contribution is 2.38. The number of fused-ring (bicyclic) bond motifs is 1. The maximum Gasteiger partial charge on any atom is 0.410 e. The number of carbonyl (C=O) groups is 1. The van der Waals surface area contributed by atoms with E-state index in [2.05, 4.69) is 0 Å². The molecule has 0 spiro atoms. The summed E-state index contributed by atoms with van der Waals surface area (Å²) in [6, 6.07) is -0.862. The van der Waals surface area contributed by atoms with Crippen LogP contribution in [0.3, 0.4) is 0 Å². The fourth-order valence-electron chi connectivity index (χ4n) is 3.02. The minimum Gasteiger partial charge on any atom is -0.444 e. The van der Waals surface area contributed by atoms with Gasteiger partial charge in [-0.1, -0.05) is 0 Å². The maximum absolute atomic E-state index is 12.4. The van der Waals surface area contributed by atoms with Crippen LogP contribution in [-0.2, 0) is 14.2 Å². The molecule has 1 amide bonds. The van der Waals surface area contributed by atoms with Gasteiger partial charge in [0.05, 0.1) is 19.2 Å². The van der Waals surface area contributed by atoms with Crippen LogP contribution in [0.1, 0.15) is 34.6 Å². The molecule has 8 heteroatoms. The molecule has 8 nitrogen and oxygen atoms in total. The van der Waals surface area contributed by atoms with Gasteiger partial charge in [0, 0.05) is 0 Å². The molecule has 2 heterocycles. The third-order valence-electron chi connectivity index (χ3n) is 3.85. The summed E-state index contributed by atoms with van der Waals surface area (Å²) in [6.45, 7) is 8.28. The second kappa shape index (κ2) is 6.18. The molecule has 0 radical (unpaired) electrons. The molecule has 0 saturated carbocycles. The lowest BCUT2D eigenvalue weighted by molar-refractivity contribution is -0.171. The lowest BCUT2D eigenvalue weighted by Crippen LogP contribution is -2.54. The molecule has 0 aromatic carbocycles. The molecule has 2 fully saturated rings. The molecule has 2 aliphatic heterocycles. The first-order valence-corrected chi connectivity index (χ1v) is 7.77. The molecular weight excluding hydrogens is 306 g/mol. The Bertz CT molecular complexity index is 448. The minimum absolute atomic E-state index is 0.183. The van der Waals surface area contributed by atoms with Crippen molar-refractivity contribution in [3.63, 3.8) is 0 Å². The van der Waals surface area contributed by atoms with Crippen molar-refractivity contribution in [1.29, 1.82) is 0 Å². The summed E-state index contributed by atoms with van der Waals surface area (Å²) in [5.41, 5.74) is -0.694. The lowest BCUT2D eigenvalue weighted by Gasteiger charge is -2.35. The number of ether oxygens (including phenoxy) is 3. The van der Waals surface area contributed by atoms with E-state index in [4.69, 9.17) is 19.3 Å². The van der Waals surface area contributed by atoms with Crippen molar-refractivity contribution >= 4 is 6.09 Å². The highest BCUT2D eigenvalue weighted by molar-refractivity contribution is 5.69. The summed E-state index contributed by atoms with van der Waals surface area (Å²) < 4.78 is 16.9. The summed E-state index contributed by atoms with van der Waals surface area (Å²) in [6.07, 6.45) is -4.42. The van der Waals surface area contributed by atoms with Crippen LogP contribution in [0.15, 0.2) is 0 Å². The van der Waals surface area contributed by atoms with Crippen LogP contribution in [0, 0.1) is 0 Å². The summed E-state index contributed by atoms with van der Waals surface area (Å²) in [5.74, 6) is -0.836. The second-order valence-corrected chi connectivity index (χ2v) is 7.50. The fourth-order valence-corrected chi connectivity index (χ4v) is 3.02. The van der Waals surface area contributed by atoms with Crippen molar-refractivity contribution in [3.8, 4) is 0 Å². The van der Waals surface area contributed by atoms with Crippen LogP contribution in [-0.4, -0.2) is 81.3 Å². The molecule has 0 aromatic rings. The van der Waals surface area contributed by atoms with Gasteiger partial charge < -0.3 is 29.5 Å². The fraction of sp³-hybridized carbons (Fsp3) is 0.933. The minimum atomic E-state index is -1.39. The molecule has 0 unspecified atom stereocenters. The molecule has 2 saturated heterocycles. The Hall–Kier alpha value is -0.930. The molecule has 0 bridgehead atoms. The van der Waals surface area contributed by atoms with E-state index in [9.17, 15) is 15.0 Å². The molecule has 23 heavy (non-hydrogen) atoms. The standard InChI is InChI=1S/C15H27NO7/c1-14(2,3)23-13(20)16-6-9-12(22-15(4,5)21-9)10(16)11(19)8(18)7-17/h8-12,17-19H,6-7H2,1-5H3/t8-,9+,10-,11+,12+/m1/s1. The van der Waals surface area contributed by atoms with Gasteiger partial charge in [0.2, 0.25) is 0 Å². The van der Waals surface area contributed by atoms with Gasteiger partial charge >= 0.3 is 6.09 Å². The van der Waals surface area contributed by atoms with Crippen LogP contribution in [0.4, 0.5) is 4.79 Å². The molecule has 0 aliphatic carbocycles. The van der Waals surface area contributed by atoms with Gasteiger partial charge in [-0.15, -0.1) is 0 Å². The Kier molecular flexibility index (Phi) is 4.94. The molecule has 3 N–H and O–H groups in total. The average molecular weight is 333 g/mol. The van der Waals surface area contributed by atoms with Gasteiger partial charge in [0.1, 0.15) is 30.0 Å². The Balaban J connectivity index is 2.23. The summed E-state index contributed by atoms with van der Waals surface area (Å²) in [4.78, 5) is 13.7. The topological polar surface area (TPSA) is 109 Å². The van der Waals surface area contributed by atoms with E-state index in [-0.39, 0.29) is 6.54 Å². The summed E-state index contributed by atoms with van der Waals surface area (Å²) in [7, 11) is 0. The Morgan fingerprint density at radius 2 is 1.96 bits per heavy atom. The van der Waals surface area contributed by atoms with Gasteiger partial charge in [-0.2, -0.15) is 0 Å². The first-order chi connectivity index (χ1) is 10.4. The van der Waals surface area contributed by atoms with E-state index >= 15 is 0 Å². The van der Waals surface area contributed by atoms with Crippen LogP contribution in [0.25, 0.3) is 0 Å². The molecule has 134 valence electrons. The van der Waals surface area contributed by atoms with Crippen LogP contribution in [0.2, 0.25) is 0 Å². The number of rotatable bonds is 3. The zero-order chi connectivity index (χ0) is 17.6. The summed E-state index contributed by atoms with van der Waals surface area (Å²) in [5, 5.41) is 29.3. The van der Waals surface area contributed by atoms with Crippen molar-refractivity contribution < 1.29 is 34.3 Å². The Morgan fingerprint density at radius 3 is 2.48 bits per heavy atom. The van der Waals surface area contributed by atoms with Crippen molar-refractivity contribution in [1.82, 2.24) is 4.90 Å². The number of aliphatic hydroxyl groups is 3. The highest BCUT2D eigenvalue weighted by Gasteiger charge is 2.57. The number of hydrogen-bond acceptors (Lipinski definition) is 7. The van der Waals surface area contributed by atoms with Crippen LogP contribution >= 0.6 is 0 Å². The SMILES string of the molecule is CC(C)(C)OC(=O)N1C[C@@H]2OC(C)(C)O[C@@H]2[C@H]1[C@@H](O)[C@H](O)CO. The largest absolute Gasteiger partial charge is 0.444 e. The Morgan fingerprint density at radius 1 is 1.35 bits per heavy atom. The number of nitrogens with zero attached hydrogens (tertiary/aromatic N) is 1. The predicted molar refractivity (Wildman–Crippen MR) is 79.7 cm³/mol.